The lowest BCUT2D eigenvalue weighted by molar-refractivity contribution is -0.141. The highest BCUT2D eigenvalue weighted by Crippen LogP contribution is 2.29. The van der Waals surface area contributed by atoms with E-state index in [-0.39, 0.29) is 12.5 Å². The minimum absolute atomic E-state index is 0.0105. The maximum absolute atomic E-state index is 12.5. The van der Waals surface area contributed by atoms with Gasteiger partial charge in [0.1, 0.15) is 0 Å². The number of benzene rings is 2. The zero-order chi connectivity index (χ0) is 17.1. The summed E-state index contributed by atoms with van der Waals surface area (Å²) in [5, 5.41) is 9.48. The van der Waals surface area contributed by atoms with Gasteiger partial charge < -0.3 is 10.0 Å². The number of carbonyl (C=O) groups excluding carboxylic acids is 1. The first-order valence-electron chi connectivity index (χ1n) is 8.18. The molecule has 1 unspecified atom stereocenters. The van der Waals surface area contributed by atoms with Crippen LogP contribution >= 0.6 is 0 Å². The van der Waals surface area contributed by atoms with Gasteiger partial charge in [-0.3, -0.25) is 9.59 Å². The van der Waals surface area contributed by atoms with E-state index < -0.39 is 11.9 Å². The van der Waals surface area contributed by atoms with E-state index in [0.717, 1.165) is 16.7 Å². The van der Waals surface area contributed by atoms with Crippen molar-refractivity contribution in [1.82, 2.24) is 4.90 Å². The highest BCUT2D eigenvalue weighted by molar-refractivity contribution is 5.81. The number of amides is 1. The molecule has 0 spiro atoms. The van der Waals surface area contributed by atoms with Crippen molar-refractivity contribution < 1.29 is 14.7 Å². The fraction of sp³-hybridized carbons (Fsp3) is 0.300. The molecule has 0 saturated carbocycles. The Morgan fingerprint density at radius 3 is 2.54 bits per heavy atom. The molecule has 4 heteroatoms. The van der Waals surface area contributed by atoms with Gasteiger partial charge in [0.05, 0.1) is 5.92 Å². The first-order valence-corrected chi connectivity index (χ1v) is 8.18. The average Bonchev–Trinajstić information content (AvgIpc) is 2.59. The van der Waals surface area contributed by atoms with Crippen LogP contribution in [0.5, 0.6) is 0 Å². The smallest absolute Gasteiger partial charge is 0.312 e. The van der Waals surface area contributed by atoms with Gasteiger partial charge in [-0.05, 0) is 30.0 Å². The van der Waals surface area contributed by atoms with Gasteiger partial charge in [0, 0.05) is 19.5 Å². The number of carboxylic acid groups (broad SMARTS) is 1. The normalized spacial score (nSPS) is 16.5. The van der Waals surface area contributed by atoms with E-state index in [4.69, 9.17) is 0 Å². The summed E-state index contributed by atoms with van der Waals surface area (Å²) in [6.45, 7) is 2.78. The fourth-order valence-electron chi connectivity index (χ4n) is 3.17. The molecule has 0 bridgehead atoms. The molecule has 1 aliphatic rings. The van der Waals surface area contributed by atoms with Gasteiger partial charge in [0.15, 0.2) is 0 Å². The minimum atomic E-state index is -0.876. The van der Waals surface area contributed by atoms with Crippen molar-refractivity contribution in [3.8, 4) is 0 Å². The number of nitrogens with zero attached hydrogens (tertiary/aromatic N) is 1. The van der Waals surface area contributed by atoms with Crippen molar-refractivity contribution in [3.63, 3.8) is 0 Å². The number of fused-ring (bicyclic) bond motifs is 1. The summed E-state index contributed by atoms with van der Waals surface area (Å²) >= 11 is 0. The lowest BCUT2D eigenvalue weighted by atomic mass is 9.89. The van der Waals surface area contributed by atoms with Crippen LogP contribution in [0.4, 0.5) is 0 Å². The molecule has 4 nitrogen and oxygen atoms in total. The monoisotopic (exact) mass is 323 g/mol. The van der Waals surface area contributed by atoms with Crippen molar-refractivity contribution in [1.29, 1.82) is 0 Å². The topological polar surface area (TPSA) is 57.6 Å². The highest BCUT2D eigenvalue weighted by atomic mass is 16.4. The molecule has 0 saturated heterocycles. The summed E-state index contributed by atoms with van der Waals surface area (Å²) in [6.07, 6.45) is 1.08. The first kappa shape index (κ1) is 16.2. The van der Waals surface area contributed by atoms with Crippen molar-refractivity contribution in [2.45, 2.75) is 32.2 Å². The molecular formula is C20H21NO3. The van der Waals surface area contributed by atoms with Crippen LogP contribution in [-0.2, 0) is 22.6 Å². The number of carbonyl (C=O) groups is 2. The second kappa shape index (κ2) is 6.87. The lowest BCUT2D eigenvalue weighted by Gasteiger charge is -2.33. The Kier molecular flexibility index (Phi) is 4.65. The van der Waals surface area contributed by atoms with Gasteiger partial charge >= 0.3 is 5.97 Å². The third-order valence-corrected chi connectivity index (χ3v) is 4.59. The number of aryl methyl sites for hydroxylation is 2. The standard InChI is InChI=1S/C20H21NO3/c1-14-6-8-15(9-7-14)10-11-19(22)21-12-16-4-2-3-5-17(16)18(13-21)20(23)24/h2-9,18H,10-13H2,1H3,(H,23,24). The van der Waals surface area contributed by atoms with Crippen LogP contribution in [0.3, 0.4) is 0 Å². The summed E-state index contributed by atoms with van der Waals surface area (Å²) in [7, 11) is 0. The van der Waals surface area contributed by atoms with E-state index in [2.05, 4.69) is 0 Å². The Morgan fingerprint density at radius 1 is 1.12 bits per heavy atom. The number of carboxylic acids is 1. The Hall–Kier alpha value is -2.62. The van der Waals surface area contributed by atoms with Gasteiger partial charge in [0.25, 0.3) is 0 Å². The molecule has 2 aromatic carbocycles. The van der Waals surface area contributed by atoms with Gasteiger partial charge in [-0.1, -0.05) is 54.1 Å². The van der Waals surface area contributed by atoms with E-state index in [1.165, 1.54) is 5.56 Å². The number of aliphatic carboxylic acids is 1. The van der Waals surface area contributed by atoms with E-state index in [0.29, 0.717) is 19.4 Å². The van der Waals surface area contributed by atoms with Crippen LogP contribution in [0.15, 0.2) is 48.5 Å². The molecule has 1 heterocycles. The molecule has 0 aromatic heterocycles. The quantitative estimate of drug-likeness (QED) is 0.940. The molecule has 1 amide bonds. The predicted molar refractivity (Wildman–Crippen MR) is 91.7 cm³/mol. The molecule has 0 radical (unpaired) electrons. The Labute approximate surface area is 141 Å². The molecule has 1 aliphatic heterocycles. The van der Waals surface area contributed by atoms with E-state index in [1.54, 1.807) is 4.90 Å². The second-order valence-electron chi connectivity index (χ2n) is 6.35. The molecule has 0 aliphatic carbocycles. The molecular weight excluding hydrogens is 302 g/mol. The summed E-state index contributed by atoms with van der Waals surface area (Å²) in [5.41, 5.74) is 4.08. The number of hydrogen-bond acceptors (Lipinski definition) is 2. The maximum atomic E-state index is 12.5. The van der Waals surface area contributed by atoms with E-state index in [9.17, 15) is 14.7 Å². The average molecular weight is 323 g/mol. The van der Waals surface area contributed by atoms with Crippen LogP contribution in [0, 0.1) is 6.92 Å². The minimum Gasteiger partial charge on any atom is -0.481 e. The van der Waals surface area contributed by atoms with Crippen molar-refractivity contribution in [3.05, 3.63) is 70.8 Å². The summed E-state index contributed by atoms with van der Waals surface area (Å²) in [5.74, 6) is -1.51. The van der Waals surface area contributed by atoms with Crippen LogP contribution < -0.4 is 0 Å². The SMILES string of the molecule is Cc1ccc(CCC(=O)N2Cc3ccccc3C(C(=O)O)C2)cc1. The fourth-order valence-corrected chi connectivity index (χ4v) is 3.17. The first-order chi connectivity index (χ1) is 11.5. The molecule has 0 fully saturated rings. The molecule has 1 atom stereocenters. The third-order valence-electron chi connectivity index (χ3n) is 4.59. The van der Waals surface area contributed by atoms with Crippen LogP contribution in [0.25, 0.3) is 0 Å². The second-order valence-corrected chi connectivity index (χ2v) is 6.35. The van der Waals surface area contributed by atoms with Crippen LogP contribution in [0.1, 0.15) is 34.6 Å². The van der Waals surface area contributed by atoms with E-state index >= 15 is 0 Å². The van der Waals surface area contributed by atoms with Gasteiger partial charge in [-0.2, -0.15) is 0 Å². The van der Waals surface area contributed by atoms with Gasteiger partial charge in [-0.25, -0.2) is 0 Å². The van der Waals surface area contributed by atoms with Crippen LogP contribution in [-0.4, -0.2) is 28.4 Å². The molecule has 124 valence electrons. The van der Waals surface area contributed by atoms with Crippen molar-refractivity contribution in [2.75, 3.05) is 6.54 Å². The van der Waals surface area contributed by atoms with Crippen LogP contribution in [0.2, 0.25) is 0 Å². The molecule has 1 N–H and O–H groups in total. The van der Waals surface area contributed by atoms with Crippen molar-refractivity contribution >= 4 is 11.9 Å². The zero-order valence-electron chi connectivity index (χ0n) is 13.7. The lowest BCUT2D eigenvalue weighted by Crippen LogP contribution is -2.40. The third kappa shape index (κ3) is 3.48. The number of hydrogen-bond donors (Lipinski definition) is 1. The molecule has 2 aromatic rings. The summed E-state index contributed by atoms with van der Waals surface area (Å²) in [4.78, 5) is 25.8. The number of rotatable bonds is 4. The predicted octanol–water partition coefficient (Wildman–Crippen LogP) is 3.14. The summed E-state index contributed by atoms with van der Waals surface area (Å²) in [6, 6.07) is 15.6. The highest BCUT2D eigenvalue weighted by Gasteiger charge is 2.32. The largest absolute Gasteiger partial charge is 0.481 e. The van der Waals surface area contributed by atoms with E-state index in [1.807, 2.05) is 55.5 Å². The molecule has 3 rings (SSSR count). The zero-order valence-corrected chi connectivity index (χ0v) is 13.7. The Morgan fingerprint density at radius 2 is 1.83 bits per heavy atom. The van der Waals surface area contributed by atoms with Crippen molar-refractivity contribution in [2.24, 2.45) is 0 Å². The maximum Gasteiger partial charge on any atom is 0.312 e. The van der Waals surface area contributed by atoms with Gasteiger partial charge in [-0.15, -0.1) is 0 Å². The molecule has 24 heavy (non-hydrogen) atoms. The Bertz CT molecular complexity index is 752. The Balaban J connectivity index is 1.69. The van der Waals surface area contributed by atoms with Gasteiger partial charge in [0.2, 0.25) is 5.91 Å². The summed E-state index contributed by atoms with van der Waals surface area (Å²) < 4.78 is 0.